The summed E-state index contributed by atoms with van der Waals surface area (Å²) in [5, 5.41) is 5.65. The second-order valence-corrected chi connectivity index (χ2v) is 7.34. The zero-order chi connectivity index (χ0) is 19.3. The fraction of sp³-hybridized carbons (Fsp3) is 0.300. The number of hydrogen-bond donors (Lipinski definition) is 2. The van der Waals surface area contributed by atoms with Gasteiger partial charge in [-0.25, -0.2) is 0 Å². The number of amides is 2. The first-order valence-corrected chi connectivity index (χ1v) is 9.24. The first-order valence-electron chi connectivity index (χ1n) is 8.44. The van der Waals surface area contributed by atoms with E-state index in [1.54, 1.807) is 42.5 Å². The second kappa shape index (κ2) is 8.85. The average Bonchev–Trinajstić information content (AvgIpc) is 2.57. The molecule has 26 heavy (non-hydrogen) atoms. The van der Waals surface area contributed by atoms with E-state index in [4.69, 9.17) is 4.74 Å². The van der Waals surface area contributed by atoms with Gasteiger partial charge in [0.1, 0.15) is 5.75 Å². The Bertz CT molecular complexity index is 786. The van der Waals surface area contributed by atoms with Gasteiger partial charge in [-0.05, 0) is 72.2 Å². The Hall–Kier alpha value is -2.34. The number of rotatable bonds is 6. The van der Waals surface area contributed by atoms with Crippen molar-refractivity contribution < 1.29 is 14.3 Å². The predicted octanol–water partition coefficient (Wildman–Crippen LogP) is 5.08. The van der Waals surface area contributed by atoms with Crippen molar-refractivity contribution in [2.75, 3.05) is 10.6 Å². The highest BCUT2D eigenvalue weighted by molar-refractivity contribution is 9.10. The molecule has 0 heterocycles. The molecule has 0 radical (unpaired) electrons. The lowest BCUT2D eigenvalue weighted by Gasteiger charge is -2.13. The summed E-state index contributed by atoms with van der Waals surface area (Å²) in [5.74, 6) is 0.341. The van der Waals surface area contributed by atoms with E-state index in [1.807, 2.05) is 27.7 Å². The topological polar surface area (TPSA) is 67.4 Å². The van der Waals surface area contributed by atoms with Crippen LogP contribution in [0.3, 0.4) is 0 Å². The van der Waals surface area contributed by atoms with E-state index in [9.17, 15) is 9.59 Å². The quantitative estimate of drug-likeness (QED) is 0.686. The Morgan fingerprint density at radius 1 is 0.923 bits per heavy atom. The highest BCUT2D eigenvalue weighted by Gasteiger charge is 2.11. The summed E-state index contributed by atoms with van der Waals surface area (Å²) >= 11 is 3.43. The van der Waals surface area contributed by atoms with Gasteiger partial charge in [-0.15, -0.1) is 0 Å². The van der Waals surface area contributed by atoms with E-state index in [2.05, 4.69) is 26.6 Å². The molecule has 2 aromatic carbocycles. The number of anilines is 2. The van der Waals surface area contributed by atoms with Crippen molar-refractivity contribution in [1.82, 2.24) is 0 Å². The summed E-state index contributed by atoms with van der Waals surface area (Å²) in [6.45, 7) is 7.56. The van der Waals surface area contributed by atoms with Gasteiger partial charge in [-0.1, -0.05) is 13.8 Å². The van der Waals surface area contributed by atoms with Gasteiger partial charge in [0.2, 0.25) is 5.91 Å². The third-order valence-electron chi connectivity index (χ3n) is 3.49. The number of carbonyl (C=O) groups is 2. The maximum Gasteiger partial charge on any atom is 0.255 e. The van der Waals surface area contributed by atoms with Crippen LogP contribution in [0.15, 0.2) is 46.9 Å². The number of hydrogen-bond acceptors (Lipinski definition) is 3. The predicted molar refractivity (Wildman–Crippen MR) is 108 cm³/mol. The van der Waals surface area contributed by atoms with Crippen molar-refractivity contribution in [2.24, 2.45) is 5.92 Å². The molecular weight excluding hydrogens is 396 g/mol. The van der Waals surface area contributed by atoms with Gasteiger partial charge >= 0.3 is 0 Å². The highest BCUT2D eigenvalue weighted by atomic mass is 79.9. The van der Waals surface area contributed by atoms with Crippen molar-refractivity contribution in [3.8, 4) is 5.75 Å². The van der Waals surface area contributed by atoms with Crippen LogP contribution in [0.5, 0.6) is 5.75 Å². The number of carbonyl (C=O) groups excluding carboxylic acids is 2. The van der Waals surface area contributed by atoms with Crippen LogP contribution < -0.4 is 15.4 Å². The van der Waals surface area contributed by atoms with Crippen molar-refractivity contribution in [2.45, 2.75) is 33.8 Å². The van der Waals surface area contributed by atoms with E-state index in [0.717, 1.165) is 4.47 Å². The first-order chi connectivity index (χ1) is 12.3. The van der Waals surface area contributed by atoms with Crippen molar-refractivity contribution in [3.05, 3.63) is 52.5 Å². The normalized spacial score (nSPS) is 10.7. The van der Waals surface area contributed by atoms with Gasteiger partial charge in [0.05, 0.1) is 10.6 Å². The second-order valence-electron chi connectivity index (χ2n) is 6.49. The zero-order valence-electron chi connectivity index (χ0n) is 15.3. The minimum absolute atomic E-state index is 0.0460. The molecular formula is C20H23BrN2O3. The van der Waals surface area contributed by atoms with Gasteiger partial charge in [-0.2, -0.15) is 0 Å². The molecule has 138 valence electrons. The summed E-state index contributed by atoms with van der Waals surface area (Å²) in [5.41, 5.74) is 1.86. The first kappa shape index (κ1) is 20.0. The summed E-state index contributed by atoms with van der Waals surface area (Å²) in [6.07, 6.45) is 0.0562. The molecule has 0 saturated heterocycles. The number of ether oxygens (including phenoxy) is 1. The minimum atomic E-state index is -0.222. The van der Waals surface area contributed by atoms with E-state index in [-0.39, 0.29) is 23.8 Å². The van der Waals surface area contributed by atoms with Crippen LogP contribution in [0.2, 0.25) is 0 Å². The lowest BCUT2D eigenvalue weighted by molar-refractivity contribution is -0.118. The minimum Gasteiger partial charge on any atom is -0.490 e. The van der Waals surface area contributed by atoms with E-state index < -0.39 is 0 Å². The molecule has 0 saturated carbocycles. The van der Waals surface area contributed by atoms with E-state index in [1.165, 1.54) is 0 Å². The number of halogens is 1. The van der Waals surface area contributed by atoms with Crippen LogP contribution in [-0.4, -0.2) is 17.9 Å². The van der Waals surface area contributed by atoms with Gasteiger partial charge in [0.25, 0.3) is 5.91 Å². The maximum absolute atomic E-state index is 12.4. The monoisotopic (exact) mass is 418 g/mol. The molecule has 2 rings (SSSR count). The SMILES string of the molecule is CC(C)Oc1ccc(C(=O)Nc2ccc(NC(=O)C(C)C)cc2)cc1Br. The van der Waals surface area contributed by atoms with Gasteiger partial charge < -0.3 is 15.4 Å². The lowest BCUT2D eigenvalue weighted by atomic mass is 10.2. The van der Waals surface area contributed by atoms with Crippen LogP contribution in [0.1, 0.15) is 38.1 Å². The lowest BCUT2D eigenvalue weighted by Crippen LogP contribution is -2.17. The molecule has 0 spiro atoms. The molecule has 0 aliphatic heterocycles. The average molecular weight is 419 g/mol. The van der Waals surface area contributed by atoms with Crippen LogP contribution >= 0.6 is 15.9 Å². The Morgan fingerprint density at radius 2 is 1.50 bits per heavy atom. The van der Waals surface area contributed by atoms with Crippen LogP contribution in [-0.2, 0) is 4.79 Å². The molecule has 2 N–H and O–H groups in total. The summed E-state index contributed by atoms with van der Waals surface area (Å²) in [7, 11) is 0. The zero-order valence-corrected chi connectivity index (χ0v) is 16.9. The fourth-order valence-corrected chi connectivity index (χ4v) is 2.59. The summed E-state index contributed by atoms with van der Waals surface area (Å²) in [6, 6.07) is 12.2. The molecule has 0 aliphatic rings. The van der Waals surface area contributed by atoms with Gasteiger partial charge in [0, 0.05) is 22.9 Å². The van der Waals surface area contributed by atoms with Crippen LogP contribution in [0.25, 0.3) is 0 Å². The molecule has 0 aromatic heterocycles. The van der Waals surface area contributed by atoms with Crippen molar-refractivity contribution in [3.63, 3.8) is 0 Å². The molecule has 0 unspecified atom stereocenters. The molecule has 0 atom stereocenters. The summed E-state index contributed by atoms with van der Waals surface area (Å²) < 4.78 is 6.37. The van der Waals surface area contributed by atoms with Crippen LogP contribution in [0, 0.1) is 5.92 Å². The van der Waals surface area contributed by atoms with Gasteiger partial charge in [-0.3, -0.25) is 9.59 Å². The number of nitrogens with one attached hydrogen (secondary N) is 2. The Kier molecular flexibility index (Phi) is 6.80. The molecule has 0 bridgehead atoms. The molecule has 5 nitrogen and oxygen atoms in total. The fourth-order valence-electron chi connectivity index (χ4n) is 2.12. The molecule has 6 heteroatoms. The third kappa shape index (κ3) is 5.59. The van der Waals surface area contributed by atoms with Gasteiger partial charge in [0.15, 0.2) is 0 Å². The maximum atomic E-state index is 12.4. The largest absolute Gasteiger partial charge is 0.490 e. The molecule has 0 fully saturated rings. The third-order valence-corrected chi connectivity index (χ3v) is 4.11. The molecule has 0 aliphatic carbocycles. The Balaban J connectivity index is 2.03. The smallest absolute Gasteiger partial charge is 0.255 e. The van der Waals surface area contributed by atoms with Crippen molar-refractivity contribution in [1.29, 1.82) is 0 Å². The van der Waals surface area contributed by atoms with E-state index in [0.29, 0.717) is 22.7 Å². The van der Waals surface area contributed by atoms with E-state index >= 15 is 0 Å². The van der Waals surface area contributed by atoms with Crippen molar-refractivity contribution >= 4 is 39.1 Å². The van der Waals surface area contributed by atoms with Crippen LogP contribution in [0.4, 0.5) is 11.4 Å². The Morgan fingerprint density at radius 3 is 2.00 bits per heavy atom. The number of benzene rings is 2. The molecule has 2 aromatic rings. The summed E-state index contributed by atoms with van der Waals surface area (Å²) in [4.78, 5) is 24.1. The standard InChI is InChI=1S/C20H23BrN2O3/c1-12(2)19(24)22-15-6-8-16(9-7-15)23-20(25)14-5-10-18(17(21)11-14)26-13(3)4/h5-13H,1-4H3,(H,22,24)(H,23,25). The highest BCUT2D eigenvalue weighted by Crippen LogP contribution is 2.27. The molecule has 2 amide bonds. The Labute approximate surface area is 162 Å².